The fourth-order valence-corrected chi connectivity index (χ4v) is 0.979. The van der Waals surface area contributed by atoms with E-state index in [9.17, 15) is 13.6 Å². The zero-order valence-corrected chi connectivity index (χ0v) is 8.54. The summed E-state index contributed by atoms with van der Waals surface area (Å²) in [7, 11) is 0. The second-order valence-electron chi connectivity index (χ2n) is 3.23. The minimum Gasteiger partial charge on any atom is -0.332 e. The molecule has 0 bridgehead atoms. The Bertz CT molecular complexity index is 343. The number of benzene rings is 1. The van der Waals surface area contributed by atoms with Gasteiger partial charge in [0.25, 0.3) is 5.92 Å². The first-order valence-electron chi connectivity index (χ1n) is 4.71. The Labute approximate surface area is 91.8 Å². The van der Waals surface area contributed by atoms with Crippen molar-refractivity contribution < 1.29 is 13.6 Å². The fraction of sp³-hybridized carbons (Fsp3) is 0.300. The van der Waals surface area contributed by atoms with Crippen molar-refractivity contribution in [2.24, 2.45) is 5.73 Å². The molecule has 1 aromatic carbocycles. The molecule has 0 aliphatic heterocycles. The van der Waals surface area contributed by atoms with Crippen molar-refractivity contribution in [1.29, 1.82) is 0 Å². The fourth-order valence-electron chi connectivity index (χ4n) is 0.979. The summed E-state index contributed by atoms with van der Waals surface area (Å²) < 4.78 is 25.4. The van der Waals surface area contributed by atoms with Gasteiger partial charge in [0.05, 0.1) is 13.1 Å². The summed E-state index contributed by atoms with van der Waals surface area (Å²) in [6.45, 7) is -1.57. The number of rotatable bonds is 4. The number of amides is 2. The van der Waals surface area contributed by atoms with Crippen molar-refractivity contribution in [1.82, 2.24) is 5.32 Å². The molecule has 6 heteroatoms. The van der Waals surface area contributed by atoms with Crippen molar-refractivity contribution in [2.75, 3.05) is 18.4 Å². The molecule has 88 valence electrons. The highest BCUT2D eigenvalue weighted by Gasteiger charge is 2.27. The smallest absolute Gasteiger partial charge is 0.319 e. The number of para-hydroxylation sites is 1. The van der Waals surface area contributed by atoms with E-state index in [4.69, 9.17) is 5.73 Å². The molecule has 16 heavy (non-hydrogen) atoms. The van der Waals surface area contributed by atoms with E-state index in [2.05, 4.69) is 5.32 Å². The van der Waals surface area contributed by atoms with E-state index in [1.54, 1.807) is 30.3 Å². The maximum absolute atomic E-state index is 12.7. The summed E-state index contributed by atoms with van der Waals surface area (Å²) in [5, 5.41) is 4.46. The van der Waals surface area contributed by atoms with Gasteiger partial charge >= 0.3 is 6.03 Å². The molecule has 4 nitrogen and oxygen atoms in total. The first kappa shape index (κ1) is 12.4. The van der Waals surface area contributed by atoms with E-state index < -0.39 is 25.0 Å². The molecule has 0 fully saturated rings. The second-order valence-corrected chi connectivity index (χ2v) is 3.23. The van der Waals surface area contributed by atoms with Crippen molar-refractivity contribution in [3.8, 4) is 0 Å². The highest BCUT2D eigenvalue weighted by atomic mass is 19.3. The number of urea groups is 1. The van der Waals surface area contributed by atoms with Crippen LogP contribution in [0, 0.1) is 0 Å². The average molecular weight is 229 g/mol. The SMILES string of the molecule is NCC(F)(F)CNC(=O)Nc1ccccc1. The molecule has 2 amide bonds. The van der Waals surface area contributed by atoms with Crippen LogP contribution in [0.2, 0.25) is 0 Å². The summed E-state index contributed by atoms with van der Waals surface area (Å²) in [6, 6.07) is 7.86. The van der Waals surface area contributed by atoms with Crippen LogP contribution in [0.4, 0.5) is 19.3 Å². The number of alkyl halides is 2. The molecule has 0 aromatic heterocycles. The van der Waals surface area contributed by atoms with Gasteiger partial charge in [-0.05, 0) is 12.1 Å². The lowest BCUT2D eigenvalue weighted by molar-refractivity contribution is 0.0148. The second kappa shape index (κ2) is 5.41. The van der Waals surface area contributed by atoms with Gasteiger partial charge in [-0.15, -0.1) is 0 Å². The highest BCUT2D eigenvalue weighted by Crippen LogP contribution is 2.09. The Morgan fingerprint density at radius 3 is 2.50 bits per heavy atom. The topological polar surface area (TPSA) is 67.1 Å². The lowest BCUT2D eigenvalue weighted by Crippen LogP contribution is -2.43. The van der Waals surface area contributed by atoms with Crippen LogP contribution >= 0.6 is 0 Å². The first-order chi connectivity index (χ1) is 7.53. The van der Waals surface area contributed by atoms with Crippen LogP contribution in [0.5, 0.6) is 0 Å². The van der Waals surface area contributed by atoms with Crippen molar-refractivity contribution >= 4 is 11.7 Å². The number of nitrogens with one attached hydrogen (secondary N) is 2. The van der Waals surface area contributed by atoms with Gasteiger partial charge in [-0.25, -0.2) is 13.6 Å². The molecule has 0 atom stereocenters. The van der Waals surface area contributed by atoms with Crippen LogP contribution in [0.25, 0.3) is 0 Å². The summed E-state index contributed by atoms with van der Waals surface area (Å²) in [6.07, 6.45) is 0. The molecule has 0 saturated carbocycles. The lowest BCUT2D eigenvalue weighted by Gasteiger charge is -2.14. The van der Waals surface area contributed by atoms with Crippen molar-refractivity contribution in [3.05, 3.63) is 30.3 Å². The molecule has 0 spiro atoms. The van der Waals surface area contributed by atoms with E-state index in [1.165, 1.54) is 0 Å². The quantitative estimate of drug-likeness (QED) is 0.730. The summed E-state index contributed by atoms with van der Waals surface area (Å²) in [5.74, 6) is -3.08. The van der Waals surface area contributed by atoms with Gasteiger partial charge in [0.2, 0.25) is 0 Å². The van der Waals surface area contributed by atoms with Gasteiger partial charge in [-0.1, -0.05) is 18.2 Å². The molecular formula is C10H13F2N3O. The predicted octanol–water partition coefficient (Wildman–Crippen LogP) is 1.40. The van der Waals surface area contributed by atoms with Crippen LogP contribution in [0.3, 0.4) is 0 Å². The van der Waals surface area contributed by atoms with E-state index in [-0.39, 0.29) is 0 Å². The number of nitrogens with two attached hydrogens (primary N) is 1. The lowest BCUT2D eigenvalue weighted by atomic mass is 10.3. The number of anilines is 1. The summed E-state index contributed by atoms with van der Waals surface area (Å²) in [5.41, 5.74) is 5.36. The van der Waals surface area contributed by atoms with Gasteiger partial charge in [0, 0.05) is 5.69 Å². The van der Waals surface area contributed by atoms with Gasteiger partial charge in [0.1, 0.15) is 0 Å². The monoisotopic (exact) mass is 229 g/mol. The molecule has 0 heterocycles. The highest BCUT2D eigenvalue weighted by molar-refractivity contribution is 5.89. The number of carbonyl (C=O) groups excluding carboxylic acids is 1. The summed E-state index contributed by atoms with van der Waals surface area (Å²) in [4.78, 5) is 11.2. The van der Waals surface area contributed by atoms with Crippen LogP contribution in [0.15, 0.2) is 30.3 Å². The van der Waals surface area contributed by atoms with Gasteiger partial charge in [-0.2, -0.15) is 0 Å². The minimum absolute atomic E-state index is 0.538. The minimum atomic E-state index is -3.08. The van der Waals surface area contributed by atoms with E-state index in [1.807, 2.05) is 5.32 Å². The van der Waals surface area contributed by atoms with Crippen LogP contribution < -0.4 is 16.4 Å². The Morgan fingerprint density at radius 2 is 1.94 bits per heavy atom. The molecule has 1 rings (SSSR count). The molecule has 0 radical (unpaired) electrons. The number of hydrogen-bond acceptors (Lipinski definition) is 2. The Kier molecular flexibility index (Phi) is 4.19. The maximum Gasteiger partial charge on any atom is 0.319 e. The molecule has 0 unspecified atom stereocenters. The number of carbonyl (C=O) groups is 1. The maximum atomic E-state index is 12.7. The Balaban J connectivity index is 2.38. The van der Waals surface area contributed by atoms with Gasteiger partial charge in [0.15, 0.2) is 0 Å². The third-order valence-corrected chi connectivity index (χ3v) is 1.84. The number of hydrogen-bond donors (Lipinski definition) is 3. The zero-order chi connectivity index (χ0) is 12.0. The van der Waals surface area contributed by atoms with Gasteiger partial charge in [-0.3, -0.25) is 0 Å². The Morgan fingerprint density at radius 1 is 1.31 bits per heavy atom. The third kappa shape index (κ3) is 4.22. The van der Waals surface area contributed by atoms with E-state index in [0.29, 0.717) is 5.69 Å². The van der Waals surface area contributed by atoms with Gasteiger partial charge < -0.3 is 16.4 Å². The predicted molar refractivity (Wildman–Crippen MR) is 57.5 cm³/mol. The molecule has 0 aliphatic rings. The Hall–Kier alpha value is -1.69. The van der Waals surface area contributed by atoms with Crippen molar-refractivity contribution in [3.63, 3.8) is 0 Å². The van der Waals surface area contributed by atoms with E-state index in [0.717, 1.165) is 0 Å². The molecular weight excluding hydrogens is 216 g/mol. The molecule has 1 aromatic rings. The third-order valence-electron chi connectivity index (χ3n) is 1.84. The molecule has 4 N–H and O–H groups in total. The van der Waals surface area contributed by atoms with Crippen LogP contribution in [-0.2, 0) is 0 Å². The van der Waals surface area contributed by atoms with E-state index >= 15 is 0 Å². The number of halogens is 2. The largest absolute Gasteiger partial charge is 0.332 e. The molecule has 0 saturated heterocycles. The molecule has 0 aliphatic carbocycles. The first-order valence-corrected chi connectivity index (χ1v) is 4.71. The normalized spacial score (nSPS) is 10.9. The zero-order valence-electron chi connectivity index (χ0n) is 8.54. The summed E-state index contributed by atoms with van der Waals surface area (Å²) >= 11 is 0. The average Bonchev–Trinajstić information content (AvgIpc) is 2.28. The van der Waals surface area contributed by atoms with Crippen LogP contribution in [-0.4, -0.2) is 25.0 Å². The van der Waals surface area contributed by atoms with Crippen molar-refractivity contribution in [2.45, 2.75) is 5.92 Å². The van der Waals surface area contributed by atoms with Crippen LogP contribution in [0.1, 0.15) is 0 Å². The standard InChI is InChI=1S/C10H13F2N3O/c11-10(12,6-13)7-14-9(16)15-8-4-2-1-3-5-8/h1-5H,6-7,13H2,(H2,14,15,16).